The zero-order valence-electron chi connectivity index (χ0n) is 6.84. The molecule has 14 heavy (non-hydrogen) atoms. The van der Waals surface area contributed by atoms with Crippen LogP contribution in [0.25, 0.3) is 0 Å². The summed E-state index contributed by atoms with van der Waals surface area (Å²) in [6.45, 7) is 0. The lowest BCUT2D eigenvalue weighted by molar-refractivity contribution is -0.137. The number of aliphatic carboxylic acids is 2. The first-order chi connectivity index (χ1) is 6.61. The van der Waals surface area contributed by atoms with Gasteiger partial charge in [0.1, 0.15) is 10.5 Å². The van der Waals surface area contributed by atoms with Crippen LogP contribution in [-0.2, 0) is 9.59 Å². The molecule has 6 heteroatoms. The van der Waals surface area contributed by atoms with Gasteiger partial charge in [0.25, 0.3) is 0 Å². The Bertz CT molecular complexity index is 363. The van der Waals surface area contributed by atoms with Crippen LogP contribution in [0, 0.1) is 0 Å². The summed E-state index contributed by atoms with van der Waals surface area (Å²) >= 11 is 2.31. The first-order valence-corrected chi connectivity index (χ1v) is 5.67. The van der Waals surface area contributed by atoms with Crippen molar-refractivity contribution in [2.75, 3.05) is 0 Å². The van der Waals surface area contributed by atoms with Crippen LogP contribution in [0.4, 0.5) is 0 Å². The highest BCUT2D eigenvalue weighted by Crippen LogP contribution is 2.52. The van der Waals surface area contributed by atoms with Crippen LogP contribution in [0.1, 0.15) is 21.6 Å². The van der Waals surface area contributed by atoms with Crippen LogP contribution >= 0.6 is 23.1 Å². The molecule has 0 saturated carbocycles. The maximum Gasteiger partial charge on any atom is 0.321 e. The fraction of sp³-hybridized carbons (Fsp3) is 0.250. The Balaban J connectivity index is 2.41. The first-order valence-electron chi connectivity index (χ1n) is 3.78. The van der Waals surface area contributed by atoms with Crippen molar-refractivity contribution in [1.82, 2.24) is 0 Å². The van der Waals surface area contributed by atoms with Crippen molar-refractivity contribution < 1.29 is 19.8 Å². The first kappa shape index (κ1) is 9.54. The SMILES string of the molecule is O=C(O)C1SC(C(=O)O)c2cscc21. The second-order valence-corrected chi connectivity index (χ2v) is 4.81. The minimum atomic E-state index is -0.974. The molecule has 2 heterocycles. The predicted molar refractivity (Wildman–Crippen MR) is 52.7 cm³/mol. The van der Waals surface area contributed by atoms with Gasteiger partial charge in [-0.25, -0.2) is 0 Å². The third-order valence-electron chi connectivity index (χ3n) is 2.01. The van der Waals surface area contributed by atoms with E-state index in [0.29, 0.717) is 11.1 Å². The minimum Gasteiger partial charge on any atom is -0.480 e. The van der Waals surface area contributed by atoms with Crippen molar-refractivity contribution in [3.05, 3.63) is 21.9 Å². The van der Waals surface area contributed by atoms with Gasteiger partial charge >= 0.3 is 11.9 Å². The van der Waals surface area contributed by atoms with Gasteiger partial charge in [-0.1, -0.05) is 0 Å². The highest BCUT2D eigenvalue weighted by molar-refractivity contribution is 8.01. The van der Waals surface area contributed by atoms with Gasteiger partial charge < -0.3 is 10.2 Å². The van der Waals surface area contributed by atoms with Gasteiger partial charge in [-0.2, -0.15) is 11.3 Å². The molecule has 1 aromatic rings. The number of carboxylic acid groups (broad SMARTS) is 2. The van der Waals surface area contributed by atoms with Crippen molar-refractivity contribution in [2.24, 2.45) is 0 Å². The summed E-state index contributed by atoms with van der Waals surface area (Å²) in [6, 6.07) is 0. The largest absolute Gasteiger partial charge is 0.480 e. The summed E-state index contributed by atoms with van der Waals surface area (Å²) < 4.78 is 0. The van der Waals surface area contributed by atoms with Crippen LogP contribution in [-0.4, -0.2) is 22.2 Å². The van der Waals surface area contributed by atoms with E-state index in [2.05, 4.69) is 0 Å². The lowest BCUT2D eigenvalue weighted by atomic mass is 10.1. The number of thiophene rings is 1. The molecule has 2 rings (SSSR count). The number of carboxylic acids is 2. The van der Waals surface area contributed by atoms with E-state index in [0.717, 1.165) is 11.8 Å². The summed E-state index contributed by atoms with van der Waals surface area (Å²) in [4.78, 5) is 21.6. The lowest BCUT2D eigenvalue weighted by Crippen LogP contribution is -2.05. The number of hydrogen-bond acceptors (Lipinski definition) is 4. The standard InChI is InChI=1S/C8H6O4S2/c9-7(10)5-3-1-13-2-4(3)6(14-5)8(11)12/h1-2,5-6H,(H,9,10)(H,11,12). The number of carbonyl (C=O) groups is 2. The van der Waals surface area contributed by atoms with E-state index in [4.69, 9.17) is 10.2 Å². The molecule has 1 aliphatic heterocycles. The second-order valence-electron chi connectivity index (χ2n) is 2.86. The smallest absolute Gasteiger partial charge is 0.321 e. The molecule has 2 N–H and O–H groups in total. The van der Waals surface area contributed by atoms with E-state index >= 15 is 0 Å². The van der Waals surface area contributed by atoms with E-state index < -0.39 is 22.4 Å². The number of fused-ring (bicyclic) bond motifs is 1. The Morgan fingerprint density at radius 2 is 1.50 bits per heavy atom. The van der Waals surface area contributed by atoms with Gasteiger partial charge in [-0.3, -0.25) is 9.59 Å². The number of rotatable bonds is 2. The number of hydrogen-bond donors (Lipinski definition) is 2. The van der Waals surface area contributed by atoms with E-state index in [-0.39, 0.29) is 0 Å². The molecule has 0 aliphatic carbocycles. The summed E-state index contributed by atoms with van der Waals surface area (Å²) in [6.07, 6.45) is 0. The molecule has 1 aliphatic rings. The molecule has 0 spiro atoms. The van der Waals surface area contributed by atoms with E-state index in [1.165, 1.54) is 11.3 Å². The molecule has 0 aromatic carbocycles. The molecular weight excluding hydrogens is 224 g/mol. The topological polar surface area (TPSA) is 74.6 Å². The zero-order valence-corrected chi connectivity index (χ0v) is 8.47. The summed E-state index contributed by atoms with van der Waals surface area (Å²) in [5, 5.41) is 19.7. The Morgan fingerprint density at radius 1 is 1.07 bits per heavy atom. The van der Waals surface area contributed by atoms with Crippen LogP contribution < -0.4 is 0 Å². The fourth-order valence-corrected chi connectivity index (χ4v) is 3.69. The second kappa shape index (κ2) is 3.29. The molecule has 0 saturated heterocycles. The van der Waals surface area contributed by atoms with E-state index in [1.54, 1.807) is 10.8 Å². The Morgan fingerprint density at radius 3 is 1.86 bits per heavy atom. The Kier molecular flexibility index (Phi) is 2.24. The Hall–Kier alpha value is -1.01. The maximum absolute atomic E-state index is 10.8. The van der Waals surface area contributed by atoms with Crippen molar-refractivity contribution in [3.63, 3.8) is 0 Å². The van der Waals surface area contributed by atoms with Gasteiger partial charge in [0.2, 0.25) is 0 Å². The van der Waals surface area contributed by atoms with Crippen LogP contribution in [0.3, 0.4) is 0 Å². The average molecular weight is 230 g/mol. The van der Waals surface area contributed by atoms with Crippen molar-refractivity contribution in [3.8, 4) is 0 Å². The highest BCUT2D eigenvalue weighted by atomic mass is 32.2. The molecule has 0 radical (unpaired) electrons. The predicted octanol–water partition coefficient (Wildman–Crippen LogP) is 1.75. The van der Waals surface area contributed by atoms with Crippen LogP contribution in [0.15, 0.2) is 10.8 Å². The third-order valence-corrected chi connectivity index (χ3v) is 4.24. The highest BCUT2D eigenvalue weighted by Gasteiger charge is 2.40. The molecule has 4 nitrogen and oxygen atoms in total. The normalized spacial score (nSPS) is 24.6. The van der Waals surface area contributed by atoms with Gasteiger partial charge in [-0.05, 0) is 21.9 Å². The Labute approximate surface area is 87.6 Å². The van der Waals surface area contributed by atoms with Gasteiger partial charge in [0, 0.05) is 0 Å². The minimum absolute atomic E-state index is 0.639. The fourth-order valence-electron chi connectivity index (χ4n) is 1.41. The van der Waals surface area contributed by atoms with Crippen LogP contribution in [0.5, 0.6) is 0 Å². The summed E-state index contributed by atoms with van der Waals surface area (Å²) in [5.74, 6) is -1.95. The molecule has 2 atom stereocenters. The summed E-state index contributed by atoms with van der Waals surface area (Å²) in [5.41, 5.74) is 1.28. The van der Waals surface area contributed by atoms with Gasteiger partial charge in [-0.15, -0.1) is 11.8 Å². The monoisotopic (exact) mass is 230 g/mol. The van der Waals surface area contributed by atoms with E-state index in [1.807, 2.05) is 0 Å². The average Bonchev–Trinajstić information content (AvgIpc) is 2.59. The lowest BCUT2D eigenvalue weighted by Gasteiger charge is -2.04. The molecule has 2 unspecified atom stereocenters. The molecular formula is C8H6O4S2. The molecule has 1 aromatic heterocycles. The van der Waals surface area contributed by atoms with Gasteiger partial charge in [0.15, 0.2) is 0 Å². The summed E-state index contributed by atoms with van der Waals surface area (Å²) in [7, 11) is 0. The zero-order chi connectivity index (χ0) is 10.3. The maximum atomic E-state index is 10.8. The number of thioether (sulfide) groups is 1. The van der Waals surface area contributed by atoms with Crippen molar-refractivity contribution in [1.29, 1.82) is 0 Å². The molecule has 0 fully saturated rings. The van der Waals surface area contributed by atoms with Crippen molar-refractivity contribution >= 4 is 35.0 Å². The van der Waals surface area contributed by atoms with Crippen LogP contribution in [0.2, 0.25) is 0 Å². The quantitative estimate of drug-likeness (QED) is 0.809. The molecule has 0 amide bonds. The third kappa shape index (κ3) is 1.31. The molecule has 0 bridgehead atoms. The van der Waals surface area contributed by atoms with Crippen molar-refractivity contribution in [2.45, 2.75) is 10.5 Å². The van der Waals surface area contributed by atoms with E-state index in [9.17, 15) is 9.59 Å². The molecule has 74 valence electrons. The van der Waals surface area contributed by atoms with Gasteiger partial charge in [0.05, 0.1) is 0 Å².